The maximum absolute atomic E-state index is 11.3. The highest BCUT2D eigenvalue weighted by Crippen LogP contribution is 2.06. The molecule has 0 radical (unpaired) electrons. The average Bonchev–Trinajstić information content (AvgIpc) is 2.56. The van der Waals surface area contributed by atoms with E-state index >= 15 is 0 Å². The molecule has 1 aliphatic rings. The van der Waals surface area contributed by atoms with Crippen molar-refractivity contribution >= 4 is 5.91 Å². The lowest BCUT2D eigenvalue weighted by molar-refractivity contribution is -0.129. The van der Waals surface area contributed by atoms with Crippen molar-refractivity contribution in [3.63, 3.8) is 0 Å². The second kappa shape index (κ2) is 5.11. The largest absolute Gasteiger partial charge is 0.342 e. The predicted molar refractivity (Wildman–Crippen MR) is 47.7 cm³/mol. The first kappa shape index (κ1) is 9.48. The summed E-state index contributed by atoms with van der Waals surface area (Å²) >= 11 is 0. The van der Waals surface area contributed by atoms with Crippen LogP contribution in [0.3, 0.4) is 0 Å². The number of amides is 1. The lowest BCUT2D eigenvalue weighted by Crippen LogP contribution is -2.37. The third-order valence-electron chi connectivity index (χ3n) is 2.06. The number of rotatable bonds is 4. The molecule has 3 N–H and O–H groups in total. The van der Waals surface area contributed by atoms with Crippen LogP contribution in [0.2, 0.25) is 0 Å². The molecule has 1 heterocycles. The topological polar surface area (TPSA) is 58.4 Å². The van der Waals surface area contributed by atoms with E-state index in [0.717, 1.165) is 32.5 Å². The normalized spacial score (nSPS) is 16.9. The van der Waals surface area contributed by atoms with Gasteiger partial charge in [-0.3, -0.25) is 4.79 Å². The zero-order valence-electron chi connectivity index (χ0n) is 7.38. The van der Waals surface area contributed by atoms with Gasteiger partial charge in [-0.2, -0.15) is 0 Å². The summed E-state index contributed by atoms with van der Waals surface area (Å²) in [5.74, 6) is 0.209. The van der Waals surface area contributed by atoms with E-state index in [-0.39, 0.29) is 5.91 Å². The molecule has 0 aliphatic carbocycles. The van der Waals surface area contributed by atoms with Crippen LogP contribution in [0, 0.1) is 0 Å². The van der Waals surface area contributed by atoms with Crippen molar-refractivity contribution in [1.82, 2.24) is 10.2 Å². The van der Waals surface area contributed by atoms with Crippen molar-refractivity contribution in [2.24, 2.45) is 5.73 Å². The Morgan fingerprint density at radius 2 is 2.08 bits per heavy atom. The molecule has 1 amide bonds. The number of nitrogens with one attached hydrogen (secondary N) is 1. The molecule has 0 atom stereocenters. The van der Waals surface area contributed by atoms with E-state index in [0.29, 0.717) is 13.1 Å². The first-order valence-electron chi connectivity index (χ1n) is 4.53. The van der Waals surface area contributed by atoms with E-state index in [9.17, 15) is 4.79 Å². The molecule has 1 saturated heterocycles. The molecule has 0 aromatic rings. The molecule has 0 bridgehead atoms. The summed E-state index contributed by atoms with van der Waals surface area (Å²) in [6.07, 6.45) is 2.31. The number of hydrogen-bond donors (Lipinski definition) is 2. The Balaban J connectivity index is 2.10. The van der Waals surface area contributed by atoms with Crippen LogP contribution >= 0.6 is 0 Å². The highest BCUT2D eigenvalue weighted by atomic mass is 16.2. The van der Waals surface area contributed by atoms with Crippen LogP contribution in [0.15, 0.2) is 0 Å². The minimum absolute atomic E-state index is 0.209. The quantitative estimate of drug-likeness (QED) is 0.542. The number of nitrogens with two attached hydrogens (primary N) is 1. The van der Waals surface area contributed by atoms with Gasteiger partial charge in [0.05, 0.1) is 6.54 Å². The minimum Gasteiger partial charge on any atom is -0.342 e. The van der Waals surface area contributed by atoms with Gasteiger partial charge in [0.2, 0.25) is 5.91 Å². The SMILES string of the molecule is NCCNCC(=O)N1CCCC1. The van der Waals surface area contributed by atoms with Crippen LogP contribution in [0.4, 0.5) is 0 Å². The van der Waals surface area contributed by atoms with Gasteiger partial charge in [-0.1, -0.05) is 0 Å². The second-order valence-electron chi connectivity index (χ2n) is 3.05. The van der Waals surface area contributed by atoms with E-state index < -0.39 is 0 Å². The van der Waals surface area contributed by atoms with E-state index in [1.54, 1.807) is 0 Å². The Kier molecular flexibility index (Phi) is 4.04. The standard InChI is InChI=1S/C8H17N3O/c9-3-4-10-7-8(12)11-5-1-2-6-11/h10H,1-7,9H2. The molecular formula is C8H17N3O. The highest BCUT2D eigenvalue weighted by Gasteiger charge is 2.16. The average molecular weight is 171 g/mol. The van der Waals surface area contributed by atoms with Crippen molar-refractivity contribution in [3.05, 3.63) is 0 Å². The smallest absolute Gasteiger partial charge is 0.236 e. The van der Waals surface area contributed by atoms with Crippen LogP contribution in [0.5, 0.6) is 0 Å². The van der Waals surface area contributed by atoms with Crippen molar-refractivity contribution in [1.29, 1.82) is 0 Å². The summed E-state index contributed by atoms with van der Waals surface area (Å²) in [7, 11) is 0. The Morgan fingerprint density at radius 3 is 2.67 bits per heavy atom. The molecule has 1 fully saturated rings. The fourth-order valence-electron chi connectivity index (χ4n) is 1.38. The fourth-order valence-corrected chi connectivity index (χ4v) is 1.38. The zero-order chi connectivity index (χ0) is 8.81. The van der Waals surface area contributed by atoms with E-state index in [4.69, 9.17) is 5.73 Å². The minimum atomic E-state index is 0.209. The van der Waals surface area contributed by atoms with Gasteiger partial charge in [-0.15, -0.1) is 0 Å². The van der Waals surface area contributed by atoms with Gasteiger partial charge in [0.1, 0.15) is 0 Å². The number of carbonyl (C=O) groups excluding carboxylic acids is 1. The molecule has 0 aromatic carbocycles. The maximum atomic E-state index is 11.3. The van der Waals surface area contributed by atoms with Crippen LogP contribution in [-0.2, 0) is 4.79 Å². The van der Waals surface area contributed by atoms with E-state index in [1.165, 1.54) is 0 Å². The first-order valence-corrected chi connectivity index (χ1v) is 4.53. The second-order valence-corrected chi connectivity index (χ2v) is 3.05. The molecule has 0 unspecified atom stereocenters. The predicted octanol–water partition coefficient (Wildman–Crippen LogP) is -0.843. The van der Waals surface area contributed by atoms with Crippen LogP contribution in [-0.4, -0.2) is 43.5 Å². The number of hydrogen-bond acceptors (Lipinski definition) is 3. The van der Waals surface area contributed by atoms with Crippen molar-refractivity contribution in [2.45, 2.75) is 12.8 Å². The molecular weight excluding hydrogens is 154 g/mol. The lowest BCUT2D eigenvalue weighted by atomic mass is 10.4. The third-order valence-corrected chi connectivity index (χ3v) is 2.06. The molecule has 0 spiro atoms. The lowest BCUT2D eigenvalue weighted by Gasteiger charge is -2.14. The summed E-state index contributed by atoms with van der Waals surface area (Å²) in [5, 5.41) is 3.00. The van der Waals surface area contributed by atoms with E-state index in [2.05, 4.69) is 5.32 Å². The van der Waals surface area contributed by atoms with Gasteiger partial charge in [0.15, 0.2) is 0 Å². The maximum Gasteiger partial charge on any atom is 0.236 e. The molecule has 4 nitrogen and oxygen atoms in total. The monoisotopic (exact) mass is 171 g/mol. The third kappa shape index (κ3) is 2.79. The van der Waals surface area contributed by atoms with E-state index in [1.807, 2.05) is 4.90 Å². The summed E-state index contributed by atoms with van der Waals surface area (Å²) in [6, 6.07) is 0. The Bertz CT molecular complexity index is 143. The summed E-state index contributed by atoms with van der Waals surface area (Å²) < 4.78 is 0. The molecule has 1 rings (SSSR count). The highest BCUT2D eigenvalue weighted by molar-refractivity contribution is 5.78. The van der Waals surface area contributed by atoms with Gasteiger partial charge >= 0.3 is 0 Å². The van der Waals surface area contributed by atoms with Gasteiger partial charge < -0.3 is 16.0 Å². The van der Waals surface area contributed by atoms with Crippen molar-refractivity contribution < 1.29 is 4.79 Å². The van der Waals surface area contributed by atoms with Gasteiger partial charge in [-0.05, 0) is 12.8 Å². The summed E-state index contributed by atoms with van der Waals surface area (Å²) in [6.45, 7) is 3.62. The van der Waals surface area contributed by atoms with Crippen molar-refractivity contribution in [2.75, 3.05) is 32.7 Å². The Labute approximate surface area is 73.1 Å². The summed E-state index contributed by atoms with van der Waals surface area (Å²) in [5.41, 5.74) is 5.28. The first-order chi connectivity index (χ1) is 5.84. The molecule has 12 heavy (non-hydrogen) atoms. The van der Waals surface area contributed by atoms with Crippen LogP contribution in [0.1, 0.15) is 12.8 Å². The molecule has 0 saturated carbocycles. The number of likely N-dealkylation sites (tertiary alicyclic amines) is 1. The Morgan fingerprint density at radius 1 is 1.42 bits per heavy atom. The number of nitrogens with zero attached hydrogens (tertiary/aromatic N) is 1. The fraction of sp³-hybridized carbons (Fsp3) is 0.875. The molecule has 0 aromatic heterocycles. The van der Waals surface area contributed by atoms with Crippen LogP contribution in [0.25, 0.3) is 0 Å². The van der Waals surface area contributed by atoms with Gasteiger partial charge in [0.25, 0.3) is 0 Å². The molecule has 70 valence electrons. The Hall–Kier alpha value is -0.610. The number of carbonyl (C=O) groups is 1. The van der Waals surface area contributed by atoms with Crippen LogP contribution < -0.4 is 11.1 Å². The molecule has 1 aliphatic heterocycles. The zero-order valence-corrected chi connectivity index (χ0v) is 7.38. The van der Waals surface area contributed by atoms with Crippen molar-refractivity contribution in [3.8, 4) is 0 Å². The van der Waals surface area contributed by atoms with Gasteiger partial charge in [-0.25, -0.2) is 0 Å². The molecule has 4 heteroatoms. The van der Waals surface area contributed by atoms with Gasteiger partial charge in [0, 0.05) is 26.2 Å². The summed E-state index contributed by atoms with van der Waals surface area (Å²) in [4.78, 5) is 13.2.